The molecule has 0 aromatic heterocycles. The Morgan fingerprint density at radius 1 is 1.18 bits per heavy atom. The number of hydrogen-bond acceptors (Lipinski definition) is 4. The second kappa shape index (κ2) is 7.80. The molecule has 2 rings (SSSR count). The second-order valence-electron chi connectivity index (χ2n) is 5.31. The number of carbonyl (C=O) groups is 1. The molecule has 0 aliphatic carbocycles. The van der Waals surface area contributed by atoms with Gasteiger partial charge >= 0.3 is 5.97 Å². The van der Waals surface area contributed by atoms with Crippen LogP contribution in [-0.4, -0.2) is 37.1 Å². The van der Waals surface area contributed by atoms with Crippen LogP contribution in [0, 0.1) is 0 Å². The minimum absolute atomic E-state index is 0.303. The van der Waals surface area contributed by atoms with Crippen LogP contribution in [0.3, 0.4) is 0 Å². The predicted octanol–water partition coefficient (Wildman–Crippen LogP) is 3.31. The van der Waals surface area contributed by atoms with Crippen molar-refractivity contribution in [1.82, 2.24) is 4.90 Å². The van der Waals surface area contributed by atoms with Crippen molar-refractivity contribution in [3.05, 3.63) is 42.0 Å². The Morgan fingerprint density at radius 3 is 2.64 bits per heavy atom. The Labute approximate surface area is 131 Å². The van der Waals surface area contributed by atoms with Crippen LogP contribution in [0.5, 0.6) is 0 Å². The standard InChI is InChI=1S/C18H24N2O2/c1-3-20(4-2)10-7-11-22-18(21)17-13-15(19)12-14-8-5-6-9-16(14)17/h5-6,8-9,12-13H,3-4,7,10-11,19H2,1-2H3. The highest BCUT2D eigenvalue weighted by Crippen LogP contribution is 2.23. The van der Waals surface area contributed by atoms with Crippen molar-refractivity contribution < 1.29 is 9.53 Å². The lowest BCUT2D eigenvalue weighted by Gasteiger charge is -2.17. The summed E-state index contributed by atoms with van der Waals surface area (Å²) in [6.07, 6.45) is 0.841. The molecule has 22 heavy (non-hydrogen) atoms. The van der Waals surface area contributed by atoms with Crippen LogP contribution in [0.4, 0.5) is 5.69 Å². The highest BCUT2D eigenvalue weighted by molar-refractivity contribution is 6.05. The maximum atomic E-state index is 12.3. The van der Waals surface area contributed by atoms with E-state index < -0.39 is 0 Å². The lowest BCUT2D eigenvalue weighted by Crippen LogP contribution is -2.25. The van der Waals surface area contributed by atoms with E-state index in [4.69, 9.17) is 10.5 Å². The van der Waals surface area contributed by atoms with E-state index >= 15 is 0 Å². The first kappa shape index (κ1) is 16.3. The molecular formula is C18H24N2O2. The second-order valence-corrected chi connectivity index (χ2v) is 5.31. The molecule has 4 nitrogen and oxygen atoms in total. The highest BCUT2D eigenvalue weighted by atomic mass is 16.5. The third-order valence-corrected chi connectivity index (χ3v) is 3.85. The fourth-order valence-corrected chi connectivity index (χ4v) is 2.57. The predicted molar refractivity (Wildman–Crippen MR) is 91.0 cm³/mol. The number of fused-ring (bicyclic) bond motifs is 1. The number of hydrogen-bond donors (Lipinski definition) is 1. The molecule has 0 bridgehead atoms. The van der Waals surface area contributed by atoms with Crippen molar-refractivity contribution in [3.8, 4) is 0 Å². The van der Waals surface area contributed by atoms with Crippen LogP contribution in [0.25, 0.3) is 10.8 Å². The van der Waals surface area contributed by atoms with Crippen molar-refractivity contribution in [2.45, 2.75) is 20.3 Å². The molecule has 2 aromatic carbocycles. The molecule has 0 spiro atoms. The molecular weight excluding hydrogens is 276 g/mol. The van der Waals surface area contributed by atoms with Crippen LogP contribution < -0.4 is 5.73 Å². The number of rotatable bonds is 7. The maximum Gasteiger partial charge on any atom is 0.338 e. The number of benzene rings is 2. The molecule has 0 amide bonds. The summed E-state index contributed by atoms with van der Waals surface area (Å²) < 4.78 is 5.41. The van der Waals surface area contributed by atoms with Crippen LogP contribution >= 0.6 is 0 Å². The number of ether oxygens (including phenoxy) is 1. The number of anilines is 1. The monoisotopic (exact) mass is 300 g/mol. The van der Waals surface area contributed by atoms with Gasteiger partial charge in [0.15, 0.2) is 0 Å². The number of nitrogens with two attached hydrogens (primary N) is 1. The van der Waals surface area contributed by atoms with Crippen LogP contribution in [0.1, 0.15) is 30.6 Å². The number of nitrogens with zero attached hydrogens (tertiary/aromatic N) is 1. The molecule has 118 valence electrons. The Morgan fingerprint density at radius 2 is 1.91 bits per heavy atom. The lowest BCUT2D eigenvalue weighted by atomic mass is 10.0. The molecule has 0 aliphatic rings. The van der Waals surface area contributed by atoms with E-state index in [-0.39, 0.29) is 5.97 Å². The van der Waals surface area contributed by atoms with Crippen molar-refractivity contribution in [1.29, 1.82) is 0 Å². The van der Waals surface area contributed by atoms with Gasteiger partial charge in [0, 0.05) is 12.2 Å². The van der Waals surface area contributed by atoms with Gasteiger partial charge in [0.2, 0.25) is 0 Å². The van der Waals surface area contributed by atoms with Crippen molar-refractivity contribution in [2.24, 2.45) is 0 Å². The van der Waals surface area contributed by atoms with Crippen LogP contribution in [-0.2, 0) is 4.74 Å². The van der Waals surface area contributed by atoms with Gasteiger partial charge in [-0.25, -0.2) is 4.79 Å². The topological polar surface area (TPSA) is 55.6 Å². The van der Waals surface area contributed by atoms with E-state index in [2.05, 4.69) is 18.7 Å². The smallest absolute Gasteiger partial charge is 0.338 e. The minimum Gasteiger partial charge on any atom is -0.462 e. The third kappa shape index (κ3) is 3.98. The van der Waals surface area contributed by atoms with Gasteiger partial charge in [0.1, 0.15) is 0 Å². The average molecular weight is 300 g/mol. The fourth-order valence-electron chi connectivity index (χ4n) is 2.57. The summed E-state index contributed by atoms with van der Waals surface area (Å²) in [7, 11) is 0. The quantitative estimate of drug-likeness (QED) is 0.484. The summed E-state index contributed by atoms with van der Waals surface area (Å²) >= 11 is 0. The average Bonchev–Trinajstić information content (AvgIpc) is 2.54. The summed E-state index contributed by atoms with van der Waals surface area (Å²) in [6, 6.07) is 11.3. The Balaban J connectivity index is 2.01. The molecule has 0 radical (unpaired) electrons. The van der Waals surface area contributed by atoms with Gasteiger partial charge in [-0.3, -0.25) is 0 Å². The molecule has 0 heterocycles. The molecule has 2 aromatic rings. The molecule has 0 aliphatic heterocycles. The SMILES string of the molecule is CCN(CC)CCCOC(=O)c1cc(N)cc2ccccc12. The van der Waals surface area contributed by atoms with Crippen molar-refractivity contribution in [2.75, 3.05) is 32.0 Å². The van der Waals surface area contributed by atoms with Crippen molar-refractivity contribution in [3.63, 3.8) is 0 Å². The van der Waals surface area contributed by atoms with E-state index in [1.165, 1.54) is 0 Å². The molecule has 0 saturated heterocycles. The summed E-state index contributed by atoms with van der Waals surface area (Å²) in [6.45, 7) is 7.67. The van der Waals surface area contributed by atoms with Gasteiger partial charge < -0.3 is 15.4 Å². The fraction of sp³-hybridized carbons (Fsp3) is 0.389. The number of carbonyl (C=O) groups excluding carboxylic acids is 1. The van der Waals surface area contributed by atoms with Gasteiger partial charge in [0.25, 0.3) is 0 Å². The highest BCUT2D eigenvalue weighted by Gasteiger charge is 2.12. The number of esters is 1. The van der Waals surface area contributed by atoms with Gasteiger partial charge in [-0.15, -0.1) is 0 Å². The zero-order chi connectivity index (χ0) is 15.9. The van der Waals surface area contributed by atoms with E-state index in [9.17, 15) is 4.79 Å². The summed E-state index contributed by atoms with van der Waals surface area (Å²) in [5.41, 5.74) is 7.00. The molecule has 0 saturated carbocycles. The van der Waals surface area contributed by atoms with E-state index in [0.29, 0.717) is 17.9 Å². The maximum absolute atomic E-state index is 12.3. The number of nitrogen functional groups attached to an aromatic ring is 1. The zero-order valence-corrected chi connectivity index (χ0v) is 13.3. The zero-order valence-electron chi connectivity index (χ0n) is 13.3. The van der Waals surface area contributed by atoms with Crippen molar-refractivity contribution >= 4 is 22.4 Å². The normalized spacial score (nSPS) is 11.0. The largest absolute Gasteiger partial charge is 0.462 e. The molecule has 0 atom stereocenters. The Bertz CT molecular complexity index is 636. The molecule has 4 heteroatoms. The first-order chi connectivity index (χ1) is 10.7. The Kier molecular flexibility index (Phi) is 5.78. The van der Waals surface area contributed by atoms with Gasteiger partial charge in [-0.2, -0.15) is 0 Å². The van der Waals surface area contributed by atoms with Gasteiger partial charge in [0.05, 0.1) is 12.2 Å². The third-order valence-electron chi connectivity index (χ3n) is 3.85. The molecule has 0 unspecified atom stereocenters. The van der Waals surface area contributed by atoms with E-state index in [0.717, 1.165) is 36.8 Å². The van der Waals surface area contributed by atoms with E-state index in [1.54, 1.807) is 6.07 Å². The van der Waals surface area contributed by atoms with Crippen LogP contribution in [0.2, 0.25) is 0 Å². The molecule has 0 fully saturated rings. The van der Waals surface area contributed by atoms with Gasteiger partial charge in [-0.1, -0.05) is 38.1 Å². The Hall–Kier alpha value is -2.07. The minimum atomic E-state index is -0.303. The summed E-state index contributed by atoms with van der Waals surface area (Å²) in [4.78, 5) is 14.6. The van der Waals surface area contributed by atoms with Crippen LogP contribution in [0.15, 0.2) is 36.4 Å². The van der Waals surface area contributed by atoms with Gasteiger partial charge in [-0.05, 0) is 42.4 Å². The first-order valence-electron chi connectivity index (χ1n) is 7.83. The summed E-state index contributed by atoms with van der Waals surface area (Å²) in [5.74, 6) is -0.303. The van der Waals surface area contributed by atoms with E-state index in [1.807, 2.05) is 30.3 Å². The lowest BCUT2D eigenvalue weighted by molar-refractivity contribution is 0.0492. The first-order valence-corrected chi connectivity index (χ1v) is 7.83. The summed E-state index contributed by atoms with van der Waals surface area (Å²) in [5, 5.41) is 1.84. The molecule has 2 N–H and O–H groups in total.